The van der Waals surface area contributed by atoms with Crippen LogP contribution in [0.15, 0.2) is 180 Å². The molecule has 0 aliphatic heterocycles. The fourth-order valence-electron chi connectivity index (χ4n) is 12.8. The van der Waals surface area contributed by atoms with E-state index in [0.717, 1.165) is 38.9 Å². The number of furan rings is 1. The van der Waals surface area contributed by atoms with Crippen molar-refractivity contribution in [3.63, 3.8) is 0 Å². The monoisotopic (exact) mass is 928 g/mol. The van der Waals surface area contributed by atoms with Gasteiger partial charge in [-0.1, -0.05) is 102 Å². The Morgan fingerprint density at radius 2 is 0.583 bits per heavy atom. The molecule has 3 heterocycles. The molecule has 13 rings (SSSR count). The van der Waals surface area contributed by atoms with E-state index < -0.39 is 0 Å². The average molecular weight is 929 g/mol. The minimum Gasteiger partial charge on any atom is -0.456 e. The van der Waals surface area contributed by atoms with Crippen molar-refractivity contribution in [3.8, 4) is 55.9 Å². The molecule has 0 aliphatic carbocycles. The summed E-state index contributed by atoms with van der Waals surface area (Å²) in [4.78, 5) is 0. The topological polar surface area (TPSA) is 23.0 Å². The van der Waals surface area contributed by atoms with Crippen LogP contribution in [0.5, 0.6) is 0 Å². The number of rotatable bonds is 6. The minimum atomic E-state index is 0.877. The van der Waals surface area contributed by atoms with Crippen LogP contribution in [0.2, 0.25) is 0 Å². The standard InChI is InChI=1S/C69H56N2O/c1-39-27-42(4)67(43(5)28-39)50-16-22-62-56(35-50)55-33-48(15-21-61(55)70(62)53-13-11-10-12-14-53)49-19-25-65-59(34-49)60-38-54(20-26-66(60)72-65)71-63-23-17-51(68-44(6)29-40(2)30-45(68)7)36-57(63)58-37-52(18-24-64(58)71)69-46(8)31-41(3)32-47(69)9/h10-38H,1-9H3. The predicted molar refractivity (Wildman–Crippen MR) is 307 cm³/mol. The van der Waals surface area contributed by atoms with E-state index in [1.807, 2.05) is 0 Å². The summed E-state index contributed by atoms with van der Waals surface area (Å²) in [5.74, 6) is 0. The summed E-state index contributed by atoms with van der Waals surface area (Å²) in [6.45, 7) is 20.0. The first-order valence-corrected chi connectivity index (χ1v) is 25.3. The van der Waals surface area contributed by atoms with Gasteiger partial charge in [0.05, 0.1) is 22.1 Å². The van der Waals surface area contributed by atoms with Crippen LogP contribution < -0.4 is 0 Å². The van der Waals surface area contributed by atoms with Crippen LogP contribution in [0.4, 0.5) is 0 Å². The Labute approximate surface area is 421 Å². The van der Waals surface area contributed by atoms with Crippen LogP contribution >= 0.6 is 0 Å². The van der Waals surface area contributed by atoms with Gasteiger partial charge in [-0.3, -0.25) is 0 Å². The van der Waals surface area contributed by atoms with Gasteiger partial charge in [-0.25, -0.2) is 0 Å². The zero-order valence-electron chi connectivity index (χ0n) is 42.5. The number of aryl methyl sites for hydroxylation is 9. The van der Waals surface area contributed by atoms with Crippen molar-refractivity contribution in [2.75, 3.05) is 0 Å². The second-order valence-electron chi connectivity index (χ2n) is 20.7. The zero-order chi connectivity index (χ0) is 49.3. The van der Waals surface area contributed by atoms with Crippen LogP contribution in [0.3, 0.4) is 0 Å². The van der Waals surface area contributed by atoms with E-state index in [-0.39, 0.29) is 0 Å². The van der Waals surface area contributed by atoms with Crippen molar-refractivity contribution in [2.24, 2.45) is 0 Å². The molecular formula is C69H56N2O. The van der Waals surface area contributed by atoms with Crippen molar-refractivity contribution in [3.05, 3.63) is 226 Å². The number of fused-ring (bicyclic) bond motifs is 9. The van der Waals surface area contributed by atoms with Crippen LogP contribution in [0, 0.1) is 62.3 Å². The van der Waals surface area contributed by atoms with Gasteiger partial charge in [-0.2, -0.15) is 0 Å². The molecule has 0 unspecified atom stereocenters. The molecule has 0 spiro atoms. The van der Waals surface area contributed by atoms with Gasteiger partial charge in [0, 0.05) is 43.7 Å². The lowest BCUT2D eigenvalue weighted by atomic mass is 9.91. The molecule has 0 bridgehead atoms. The van der Waals surface area contributed by atoms with Gasteiger partial charge >= 0.3 is 0 Å². The molecule has 0 radical (unpaired) electrons. The number of hydrogen-bond acceptors (Lipinski definition) is 1. The first-order valence-electron chi connectivity index (χ1n) is 25.3. The van der Waals surface area contributed by atoms with Crippen molar-refractivity contribution in [1.82, 2.24) is 9.13 Å². The molecule has 0 saturated carbocycles. The van der Waals surface area contributed by atoms with Crippen molar-refractivity contribution >= 4 is 65.6 Å². The molecule has 10 aromatic carbocycles. The third-order valence-electron chi connectivity index (χ3n) is 15.5. The van der Waals surface area contributed by atoms with E-state index in [1.165, 1.54) is 133 Å². The van der Waals surface area contributed by atoms with Crippen LogP contribution in [0.25, 0.3) is 121 Å². The molecule has 0 aliphatic rings. The lowest BCUT2D eigenvalue weighted by Crippen LogP contribution is -1.94. The Hall–Kier alpha value is -8.40. The van der Waals surface area contributed by atoms with Crippen LogP contribution in [0.1, 0.15) is 50.1 Å². The van der Waals surface area contributed by atoms with E-state index in [9.17, 15) is 0 Å². The first kappa shape index (κ1) is 43.6. The lowest BCUT2D eigenvalue weighted by molar-refractivity contribution is 0.669. The van der Waals surface area contributed by atoms with Crippen molar-refractivity contribution < 1.29 is 4.42 Å². The summed E-state index contributed by atoms with van der Waals surface area (Å²) in [5, 5.41) is 7.15. The zero-order valence-corrected chi connectivity index (χ0v) is 42.5. The molecule has 348 valence electrons. The second-order valence-corrected chi connectivity index (χ2v) is 20.7. The molecule has 13 aromatic rings. The summed E-state index contributed by atoms with van der Waals surface area (Å²) >= 11 is 0. The molecule has 0 fully saturated rings. The van der Waals surface area contributed by atoms with Gasteiger partial charge in [-0.05, 0) is 231 Å². The molecule has 3 aromatic heterocycles. The van der Waals surface area contributed by atoms with E-state index >= 15 is 0 Å². The molecule has 3 nitrogen and oxygen atoms in total. The largest absolute Gasteiger partial charge is 0.456 e. The number of para-hydroxylation sites is 1. The molecule has 0 N–H and O–H groups in total. The van der Waals surface area contributed by atoms with Gasteiger partial charge < -0.3 is 13.6 Å². The van der Waals surface area contributed by atoms with Crippen LogP contribution in [-0.4, -0.2) is 9.13 Å². The van der Waals surface area contributed by atoms with E-state index in [2.05, 4.69) is 247 Å². The number of nitrogens with zero attached hydrogens (tertiary/aromatic N) is 2. The highest BCUT2D eigenvalue weighted by atomic mass is 16.3. The summed E-state index contributed by atoms with van der Waals surface area (Å²) < 4.78 is 11.5. The highest BCUT2D eigenvalue weighted by Gasteiger charge is 2.21. The maximum atomic E-state index is 6.63. The first-order chi connectivity index (χ1) is 34.9. The smallest absolute Gasteiger partial charge is 0.135 e. The van der Waals surface area contributed by atoms with Gasteiger partial charge in [0.15, 0.2) is 0 Å². The molecule has 3 heteroatoms. The van der Waals surface area contributed by atoms with E-state index in [0.29, 0.717) is 0 Å². The third kappa shape index (κ3) is 6.86. The Morgan fingerprint density at radius 3 is 1.00 bits per heavy atom. The average Bonchev–Trinajstić information content (AvgIpc) is 3.99. The minimum absolute atomic E-state index is 0.877. The number of aromatic nitrogens is 2. The Kier molecular flexibility index (Phi) is 9.89. The highest BCUT2D eigenvalue weighted by molar-refractivity contribution is 6.14. The molecule has 72 heavy (non-hydrogen) atoms. The summed E-state index contributed by atoms with van der Waals surface area (Å²) in [5.41, 5.74) is 30.4. The molecule has 0 saturated heterocycles. The quantitative estimate of drug-likeness (QED) is 0.163. The summed E-state index contributed by atoms with van der Waals surface area (Å²) in [6.07, 6.45) is 0. The lowest BCUT2D eigenvalue weighted by Gasteiger charge is -2.13. The number of benzene rings is 10. The number of hydrogen-bond donors (Lipinski definition) is 0. The van der Waals surface area contributed by atoms with Gasteiger partial charge in [0.2, 0.25) is 0 Å². The van der Waals surface area contributed by atoms with Crippen LogP contribution in [-0.2, 0) is 0 Å². The van der Waals surface area contributed by atoms with Gasteiger partial charge in [-0.15, -0.1) is 0 Å². The van der Waals surface area contributed by atoms with Gasteiger partial charge in [0.25, 0.3) is 0 Å². The Bertz CT molecular complexity index is 4230. The fourth-order valence-corrected chi connectivity index (χ4v) is 12.8. The summed E-state index contributed by atoms with van der Waals surface area (Å²) in [6, 6.07) is 66.1. The fraction of sp³-hybridized carbons (Fsp3) is 0.130. The third-order valence-corrected chi connectivity index (χ3v) is 15.5. The van der Waals surface area contributed by atoms with Crippen molar-refractivity contribution in [2.45, 2.75) is 62.3 Å². The van der Waals surface area contributed by atoms with E-state index in [4.69, 9.17) is 4.42 Å². The normalized spacial score (nSPS) is 12.0. The SMILES string of the molecule is Cc1cc(C)c(-c2ccc3c(c2)c2cc(-c4ccc5oc6ccc(-n7c8ccc(-c9c(C)cc(C)cc9C)cc8c8cc(-c9c(C)cc(C)cc9C)ccc87)cc6c5c4)ccc2n3-c2ccccc2)c(C)c1. The maximum absolute atomic E-state index is 6.63. The maximum Gasteiger partial charge on any atom is 0.135 e. The molecule has 0 atom stereocenters. The Balaban J connectivity index is 0.982. The Morgan fingerprint density at radius 1 is 0.264 bits per heavy atom. The predicted octanol–water partition coefficient (Wildman–Crippen LogP) is 19.2. The van der Waals surface area contributed by atoms with E-state index in [1.54, 1.807) is 0 Å². The molecule has 0 amide bonds. The summed E-state index contributed by atoms with van der Waals surface area (Å²) in [7, 11) is 0. The van der Waals surface area contributed by atoms with Crippen molar-refractivity contribution in [1.29, 1.82) is 0 Å². The highest BCUT2D eigenvalue weighted by Crippen LogP contribution is 2.43. The molecular weight excluding hydrogens is 873 g/mol. The second kappa shape index (κ2) is 16.3. The van der Waals surface area contributed by atoms with Gasteiger partial charge in [0.1, 0.15) is 11.2 Å².